The zero-order valence-electron chi connectivity index (χ0n) is 13.9. The van der Waals surface area contributed by atoms with Crippen molar-refractivity contribution in [1.29, 1.82) is 0 Å². The highest BCUT2D eigenvalue weighted by Gasteiger charge is 2.28. The van der Waals surface area contributed by atoms with E-state index in [9.17, 15) is 9.59 Å². The van der Waals surface area contributed by atoms with E-state index in [-0.39, 0.29) is 17.7 Å². The van der Waals surface area contributed by atoms with E-state index < -0.39 is 0 Å². The number of nitrogens with zero attached hydrogens (tertiary/aromatic N) is 2. The molecular formula is C17H25N3O3. The molecule has 1 unspecified atom stereocenters. The molecule has 2 rings (SSSR count). The Morgan fingerprint density at radius 3 is 3.04 bits per heavy atom. The molecule has 0 fully saturated rings. The van der Waals surface area contributed by atoms with Crippen LogP contribution in [0.5, 0.6) is 0 Å². The summed E-state index contributed by atoms with van der Waals surface area (Å²) in [6.45, 7) is 6.40. The van der Waals surface area contributed by atoms with Crippen LogP contribution >= 0.6 is 0 Å². The fraction of sp³-hybridized carbons (Fsp3) is 0.588. The maximum Gasteiger partial charge on any atom is 0.243 e. The van der Waals surface area contributed by atoms with Crippen molar-refractivity contribution >= 4 is 11.8 Å². The normalized spacial score (nSPS) is 16.5. The van der Waals surface area contributed by atoms with E-state index in [1.165, 1.54) is 6.08 Å². The van der Waals surface area contributed by atoms with Gasteiger partial charge in [-0.3, -0.25) is 9.59 Å². The van der Waals surface area contributed by atoms with Crippen molar-refractivity contribution in [2.75, 3.05) is 20.1 Å². The molecular weight excluding hydrogens is 294 g/mol. The van der Waals surface area contributed by atoms with Crippen LogP contribution in [0, 0.1) is 6.92 Å². The Bertz CT molecular complexity index is 580. The lowest BCUT2D eigenvalue weighted by atomic mass is 9.87. The Labute approximate surface area is 136 Å². The molecule has 1 heterocycles. The van der Waals surface area contributed by atoms with E-state index in [4.69, 9.17) is 4.42 Å². The number of nitrogens with one attached hydrogen (secondary N) is 1. The first-order valence-electron chi connectivity index (χ1n) is 8.11. The molecule has 0 radical (unpaired) electrons. The van der Waals surface area contributed by atoms with E-state index in [2.05, 4.69) is 16.9 Å². The van der Waals surface area contributed by atoms with Gasteiger partial charge in [0.15, 0.2) is 5.89 Å². The predicted molar refractivity (Wildman–Crippen MR) is 87.0 cm³/mol. The number of carbonyl (C=O) groups excluding carboxylic acids is 2. The lowest BCUT2D eigenvalue weighted by Crippen LogP contribution is -2.32. The van der Waals surface area contributed by atoms with Gasteiger partial charge in [-0.25, -0.2) is 4.98 Å². The molecule has 0 saturated heterocycles. The third kappa shape index (κ3) is 4.68. The molecule has 6 nitrogen and oxygen atoms in total. The van der Waals surface area contributed by atoms with Crippen LogP contribution < -0.4 is 5.32 Å². The first-order valence-corrected chi connectivity index (χ1v) is 8.11. The van der Waals surface area contributed by atoms with Crippen LogP contribution in [0.15, 0.2) is 17.1 Å². The molecule has 1 aromatic rings. The summed E-state index contributed by atoms with van der Waals surface area (Å²) >= 11 is 0. The summed E-state index contributed by atoms with van der Waals surface area (Å²) < 4.78 is 5.61. The van der Waals surface area contributed by atoms with Crippen LogP contribution in [-0.2, 0) is 16.0 Å². The maximum absolute atomic E-state index is 12.4. The van der Waals surface area contributed by atoms with Crippen molar-refractivity contribution in [3.63, 3.8) is 0 Å². The number of rotatable bonds is 7. The number of fused-ring (bicyclic) bond motifs is 1. The number of carbonyl (C=O) groups is 2. The average Bonchev–Trinajstić information content (AvgIpc) is 2.92. The minimum atomic E-state index is -0.185. The molecule has 1 aromatic heterocycles. The maximum atomic E-state index is 12.4. The lowest BCUT2D eigenvalue weighted by Gasteiger charge is -2.23. The molecule has 1 aliphatic carbocycles. The van der Waals surface area contributed by atoms with Gasteiger partial charge < -0.3 is 14.6 Å². The zero-order chi connectivity index (χ0) is 16.8. The van der Waals surface area contributed by atoms with E-state index in [1.54, 1.807) is 11.9 Å². The molecule has 1 aliphatic rings. The molecule has 1 atom stereocenters. The van der Waals surface area contributed by atoms with E-state index in [0.29, 0.717) is 25.4 Å². The van der Waals surface area contributed by atoms with Crippen molar-refractivity contribution in [3.8, 4) is 0 Å². The highest BCUT2D eigenvalue weighted by atomic mass is 16.4. The minimum absolute atomic E-state index is 0.110. The van der Waals surface area contributed by atoms with Crippen LogP contribution in [-0.4, -0.2) is 41.8 Å². The molecule has 2 amide bonds. The highest BCUT2D eigenvalue weighted by Crippen LogP contribution is 2.34. The van der Waals surface area contributed by atoms with Gasteiger partial charge in [0, 0.05) is 45.8 Å². The topological polar surface area (TPSA) is 75.4 Å². The second kappa shape index (κ2) is 7.94. The number of hydrogen-bond acceptors (Lipinski definition) is 4. The molecule has 126 valence electrons. The van der Waals surface area contributed by atoms with E-state index in [1.807, 2.05) is 6.92 Å². The van der Waals surface area contributed by atoms with Crippen LogP contribution in [0.25, 0.3) is 0 Å². The van der Waals surface area contributed by atoms with Gasteiger partial charge in [0.25, 0.3) is 0 Å². The number of hydrogen-bond donors (Lipinski definition) is 1. The van der Waals surface area contributed by atoms with E-state index in [0.717, 1.165) is 37.1 Å². The summed E-state index contributed by atoms with van der Waals surface area (Å²) in [6, 6.07) is 0. The second-order valence-corrected chi connectivity index (χ2v) is 6.00. The number of oxazole rings is 1. The fourth-order valence-corrected chi connectivity index (χ4v) is 2.92. The second-order valence-electron chi connectivity index (χ2n) is 6.00. The Hall–Kier alpha value is -2.11. The zero-order valence-corrected chi connectivity index (χ0v) is 13.9. The van der Waals surface area contributed by atoms with Crippen LogP contribution in [0.4, 0.5) is 0 Å². The SMILES string of the molecule is C=CC(=O)NCCCN(C)C(=O)CC1CCCc2oc(C)nc21. The summed E-state index contributed by atoms with van der Waals surface area (Å²) in [5, 5.41) is 2.71. The van der Waals surface area contributed by atoms with Gasteiger partial charge in [0.2, 0.25) is 11.8 Å². The Balaban J connectivity index is 1.80. The quantitative estimate of drug-likeness (QED) is 0.615. The number of aryl methyl sites for hydroxylation is 2. The Morgan fingerprint density at radius 2 is 2.30 bits per heavy atom. The van der Waals surface area contributed by atoms with Gasteiger partial charge in [0.05, 0.1) is 5.69 Å². The molecule has 0 aliphatic heterocycles. The smallest absolute Gasteiger partial charge is 0.243 e. The largest absolute Gasteiger partial charge is 0.446 e. The highest BCUT2D eigenvalue weighted by molar-refractivity contribution is 5.86. The summed E-state index contributed by atoms with van der Waals surface area (Å²) in [6.07, 6.45) is 5.37. The summed E-state index contributed by atoms with van der Waals surface area (Å²) in [5.41, 5.74) is 0.966. The number of amides is 2. The van der Waals surface area contributed by atoms with Gasteiger partial charge in [0.1, 0.15) is 5.76 Å². The molecule has 6 heteroatoms. The molecule has 0 aromatic carbocycles. The summed E-state index contributed by atoms with van der Waals surface area (Å²) in [5.74, 6) is 1.71. The summed E-state index contributed by atoms with van der Waals surface area (Å²) in [7, 11) is 1.80. The average molecular weight is 319 g/mol. The van der Waals surface area contributed by atoms with Gasteiger partial charge in [-0.2, -0.15) is 0 Å². The first-order chi connectivity index (χ1) is 11.0. The Kier molecular flexibility index (Phi) is 5.96. The third-order valence-corrected chi connectivity index (χ3v) is 4.18. The number of aromatic nitrogens is 1. The fourth-order valence-electron chi connectivity index (χ4n) is 2.92. The van der Waals surface area contributed by atoms with Gasteiger partial charge >= 0.3 is 0 Å². The van der Waals surface area contributed by atoms with Crippen LogP contribution in [0.1, 0.15) is 48.9 Å². The van der Waals surface area contributed by atoms with E-state index >= 15 is 0 Å². The van der Waals surface area contributed by atoms with Gasteiger partial charge in [-0.1, -0.05) is 6.58 Å². The lowest BCUT2D eigenvalue weighted by molar-refractivity contribution is -0.130. The molecule has 0 bridgehead atoms. The first kappa shape index (κ1) is 17.2. The third-order valence-electron chi connectivity index (χ3n) is 4.18. The van der Waals surface area contributed by atoms with Crippen molar-refractivity contribution in [3.05, 3.63) is 30.0 Å². The monoisotopic (exact) mass is 319 g/mol. The van der Waals surface area contributed by atoms with Crippen molar-refractivity contribution in [2.24, 2.45) is 0 Å². The van der Waals surface area contributed by atoms with Gasteiger partial charge in [-0.05, 0) is 25.3 Å². The van der Waals surface area contributed by atoms with Crippen LogP contribution in [0.3, 0.4) is 0 Å². The summed E-state index contributed by atoms with van der Waals surface area (Å²) in [4.78, 5) is 29.6. The van der Waals surface area contributed by atoms with Crippen LogP contribution in [0.2, 0.25) is 0 Å². The molecule has 0 saturated carbocycles. The van der Waals surface area contributed by atoms with Crippen molar-refractivity contribution in [1.82, 2.24) is 15.2 Å². The van der Waals surface area contributed by atoms with Gasteiger partial charge in [-0.15, -0.1) is 0 Å². The molecule has 0 spiro atoms. The molecule has 23 heavy (non-hydrogen) atoms. The standard InChI is InChI=1S/C17H25N3O3/c1-4-15(21)18-9-6-10-20(3)16(22)11-13-7-5-8-14-17(13)19-12(2)23-14/h4,13H,1,5-11H2,2-3H3,(H,18,21). The molecule has 1 N–H and O–H groups in total. The van der Waals surface area contributed by atoms with Crippen molar-refractivity contribution < 1.29 is 14.0 Å². The Morgan fingerprint density at radius 1 is 1.52 bits per heavy atom. The minimum Gasteiger partial charge on any atom is -0.446 e. The predicted octanol–water partition coefficient (Wildman–Crippen LogP) is 1.94. The van der Waals surface area contributed by atoms with Crippen molar-refractivity contribution in [2.45, 2.75) is 44.9 Å².